The van der Waals surface area contributed by atoms with Crippen LogP contribution in [0.5, 0.6) is 0 Å². The highest BCUT2D eigenvalue weighted by Crippen LogP contribution is 2.31. The van der Waals surface area contributed by atoms with Crippen LogP contribution < -0.4 is 9.62 Å². The van der Waals surface area contributed by atoms with Crippen molar-refractivity contribution >= 4 is 39.1 Å². The minimum Gasteiger partial charge on any atom is -0.352 e. The minimum atomic E-state index is -4.21. The first-order valence-electron chi connectivity index (χ1n) is 13.0. The van der Waals surface area contributed by atoms with Gasteiger partial charge in [0, 0.05) is 17.6 Å². The van der Waals surface area contributed by atoms with Crippen LogP contribution in [0.2, 0.25) is 5.02 Å². The molecule has 3 aromatic rings. The molecule has 0 aliphatic rings. The third kappa shape index (κ3) is 7.40. The third-order valence-corrected chi connectivity index (χ3v) is 9.01. The molecule has 1 N–H and O–H groups in total. The van der Waals surface area contributed by atoms with Crippen molar-refractivity contribution in [2.75, 3.05) is 10.8 Å². The second kappa shape index (κ2) is 13.3. The first-order chi connectivity index (χ1) is 18.8. The van der Waals surface area contributed by atoms with E-state index >= 15 is 0 Å². The largest absolute Gasteiger partial charge is 0.352 e. The molecule has 10 heteroatoms. The summed E-state index contributed by atoms with van der Waals surface area (Å²) in [4.78, 5) is 28.4. The van der Waals surface area contributed by atoms with Gasteiger partial charge in [-0.05, 0) is 81.6 Å². The molecule has 0 bridgehead atoms. The summed E-state index contributed by atoms with van der Waals surface area (Å²) >= 11 is 6.35. The Labute approximate surface area is 241 Å². The van der Waals surface area contributed by atoms with Gasteiger partial charge in [0.05, 0.1) is 10.6 Å². The lowest BCUT2D eigenvalue weighted by Crippen LogP contribution is -2.52. The number of aryl methyl sites for hydroxylation is 1. The highest BCUT2D eigenvalue weighted by atomic mass is 35.5. The topological polar surface area (TPSA) is 86.8 Å². The maximum atomic E-state index is 14.0. The van der Waals surface area contributed by atoms with E-state index in [0.717, 1.165) is 9.87 Å². The minimum absolute atomic E-state index is 0.0120. The van der Waals surface area contributed by atoms with Gasteiger partial charge in [0.1, 0.15) is 18.4 Å². The molecule has 0 aromatic heterocycles. The zero-order chi connectivity index (χ0) is 29.6. The number of nitrogens with zero attached hydrogens (tertiary/aromatic N) is 2. The molecular formula is C30H35ClFN3O4S. The van der Waals surface area contributed by atoms with E-state index in [1.54, 1.807) is 44.2 Å². The molecule has 0 fully saturated rings. The average Bonchev–Trinajstić information content (AvgIpc) is 2.92. The van der Waals surface area contributed by atoms with E-state index in [1.807, 2.05) is 20.8 Å². The molecule has 2 unspecified atom stereocenters. The van der Waals surface area contributed by atoms with Crippen LogP contribution in [0, 0.1) is 19.7 Å². The van der Waals surface area contributed by atoms with Crippen LogP contribution in [0.15, 0.2) is 71.6 Å². The van der Waals surface area contributed by atoms with Gasteiger partial charge in [0.2, 0.25) is 11.8 Å². The van der Waals surface area contributed by atoms with Gasteiger partial charge in [-0.2, -0.15) is 0 Å². The van der Waals surface area contributed by atoms with Gasteiger partial charge in [-0.3, -0.25) is 13.9 Å². The number of carbonyl (C=O) groups excluding carboxylic acids is 2. The smallest absolute Gasteiger partial charge is 0.264 e. The van der Waals surface area contributed by atoms with Crippen molar-refractivity contribution in [2.45, 2.75) is 64.6 Å². The number of carbonyl (C=O) groups is 2. The van der Waals surface area contributed by atoms with Crippen LogP contribution in [0.3, 0.4) is 0 Å². The van der Waals surface area contributed by atoms with E-state index < -0.39 is 34.3 Å². The molecule has 40 heavy (non-hydrogen) atoms. The van der Waals surface area contributed by atoms with Gasteiger partial charge in [-0.25, -0.2) is 12.8 Å². The van der Waals surface area contributed by atoms with Gasteiger partial charge >= 0.3 is 0 Å². The molecule has 0 spiro atoms. The lowest BCUT2D eigenvalue weighted by atomic mass is 10.1. The number of rotatable bonds is 11. The summed E-state index contributed by atoms with van der Waals surface area (Å²) in [6, 6.07) is 15.7. The number of anilines is 1. The van der Waals surface area contributed by atoms with Crippen LogP contribution in [0.1, 0.15) is 43.9 Å². The third-order valence-electron chi connectivity index (χ3n) is 6.83. The number of hydrogen-bond acceptors (Lipinski definition) is 4. The van der Waals surface area contributed by atoms with Crippen LogP contribution >= 0.6 is 11.6 Å². The maximum Gasteiger partial charge on any atom is 0.264 e. The van der Waals surface area contributed by atoms with Crippen LogP contribution in [0.4, 0.5) is 10.1 Å². The Morgan fingerprint density at radius 3 is 2.20 bits per heavy atom. The van der Waals surface area contributed by atoms with Crippen molar-refractivity contribution < 1.29 is 22.4 Å². The number of sulfonamides is 1. The van der Waals surface area contributed by atoms with Crippen LogP contribution in [-0.4, -0.2) is 43.8 Å². The summed E-state index contributed by atoms with van der Waals surface area (Å²) in [6.45, 7) is 8.28. The van der Waals surface area contributed by atoms with E-state index in [9.17, 15) is 22.4 Å². The number of nitrogens with one attached hydrogen (secondary N) is 1. The Kier molecular flexibility index (Phi) is 10.3. The zero-order valence-electron chi connectivity index (χ0n) is 23.3. The van der Waals surface area contributed by atoms with E-state index in [2.05, 4.69) is 5.32 Å². The quantitative estimate of drug-likeness (QED) is 0.315. The fraction of sp³-hybridized carbons (Fsp3) is 0.333. The first-order valence-corrected chi connectivity index (χ1v) is 14.9. The van der Waals surface area contributed by atoms with Gasteiger partial charge in [0.25, 0.3) is 10.0 Å². The van der Waals surface area contributed by atoms with Crippen molar-refractivity contribution in [3.8, 4) is 0 Å². The Balaban J connectivity index is 2.06. The monoisotopic (exact) mass is 587 g/mol. The number of hydrogen-bond donors (Lipinski definition) is 1. The zero-order valence-corrected chi connectivity index (χ0v) is 24.9. The van der Waals surface area contributed by atoms with E-state index in [1.165, 1.54) is 41.3 Å². The van der Waals surface area contributed by atoms with Crippen molar-refractivity contribution in [3.63, 3.8) is 0 Å². The SMILES string of the molecule is CCC(C)NC(=O)C(C)N(Cc1ccc(F)cc1)C(=O)CN(c1cccc(Cl)c1C)S(=O)(=O)c1ccc(C)cc1. The molecule has 0 aliphatic heterocycles. The van der Waals surface area contributed by atoms with Crippen molar-refractivity contribution in [2.24, 2.45) is 0 Å². The van der Waals surface area contributed by atoms with Crippen molar-refractivity contribution in [1.29, 1.82) is 0 Å². The Morgan fingerprint density at radius 1 is 0.975 bits per heavy atom. The number of halogens is 2. The standard InChI is InChI=1S/C30H35ClFN3O4S/c1-6-21(3)33-30(37)23(5)34(18-24-12-14-25(32)15-13-24)29(36)19-35(28-9-7-8-27(31)22(28)4)40(38,39)26-16-10-20(2)11-17-26/h7-17,21,23H,6,18-19H2,1-5H3,(H,33,37). The average molecular weight is 588 g/mol. The molecule has 0 saturated heterocycles. The summed E-state index contributed by atoms with van der Waals surface area (Å²) in [7, 11) is -4.21. The highest BCUT2D eigenvalue weighted by Gasteiger charge is 2.33. The predicted octanol–water partition coefficient (Wildman–Crippen LogP) is 5.62. The number of benzene rings is 3. The predicted molar refractivity (Wildman–Crippen MR) is 156 cm³/mol. The van der Waals surface area contributed by atoms with Gasteiger partial charge < -0.3 is 10.2 Å². The molecule has 0 saturated carbocycles. The summed E-state index contributed by atoms with van der Waals surface area (Å²) in [5.41, 5.74) is 2.21. The Hall–Kier alpha value is -3.43. The van der Waals surface area contributed by atoms with Crippen LogP contribution in [-0.2, 0) is 26.2 Å². The van der Waals surface area contributed by atoms with Crippen LogP contribution in [0.25, 0.3) is 0 Å². The summed E-state index contributed by atoms with van der Waals surface area (Å²) in [6.07, 6.45) is 0.695. The molecule has 2 atom stereocenters. The second-order valence-electron chi connectivity index (χ2n) is 9.85. The van der Waals surface area contributed by atoms with Gasteiger partial charge in [0.15, 0.2) is 0 Å². The fourth-order valence-corrected chi connectivity index (χ4v) is 5.69. The highest BCUT2D eigenvalue weighted by molar-refractivity contribution is 7.92. The molecular weight excluding hydrogens is 553 g/mol. The summed E-state index contributed by atoms with van der Waals surface area (Å²) < 4.78 is 42.5. The van der Waals surface area contributed by atoms with E-state index in [0.29, 0.717) is 22.6 Å². The summed E-state index contributed by atoms with van der Waals surface area (Å²) in [5, 5.41) is 3.23. The molecule has 7 nitrogen and oxygen atoms in total. The maximum absolute atomic E-state index is 14.0. The lowest BCUT2D eigenvalue weighted by Gasteiger charge is -2.33. The van der Waals surface area contributed by atoms with Gasteiger partial charge in [-0.1, -0.05) is 54.4 Å². The molecule has 0 aliphatic carbocycles. The molecule has 0 heterocycles. The summed E-state index contributed by atoms with van der Waals surface area (Å²) in [5.74, 6) is -1.42. The Bertz CT molecular complexity index is 1450. The fourth-order valence-electron chi connectivity index (χ4n) is 4.05. The van der Waals surface area contributed by atoms with E-state index in [4.69, 9.17) is 11.6 Å². The Morgan fingerprint density at radius 2 is 1.60 bits per heavy atom. The second-order valence-corrected chi connectivity index (χ2v) is 12.1. The molecule has 2 amide bonds. The molecule has 3 rings (SSSR count). The van der Waals surface area contributed by atoms with Crippen molar-refractivity contribution in [1.82, 2.24) is 10.2 Å². The van der Waals surface area contributed by atoms with Crippen molar-refractivity contribution in [3.05, 3.63) is 94.3 Å². The molecule has 3 aromatic carbocycles. The van der Waals surface area contributed by atoms with E-state index in [-0.39, 0.29) is 29.1 Å². The molecule has 0 radical (unpaired) electrons. The van der Waals surface area contributed by atoms with Gasteiger partial charge in [-0.15, -0.1) is 0 Å². The lowest BCUT2D eigenvalue weighted by molar-refractivity contribution is -0.139. The first kappa shape index (κ1) is 31.1. The molecule has 214 valence electrons. The normalized spacial score (nSPS) is 12.9. The number of amides is 2.